The Morgan fingerprint density at radius 3 is 2.76 bits per heavy atom. The number of amides is 1. The molecule has 0 spiro atoms. The molecule has 1 amide bonds. The van der Waals surface area contributed by atoms with Gasteiger partial charge in [-0.25, -0.2) is 9.40 Å². The number of hydrogen-bond donors (Lipinski definition) is 1. The summed E-state index contributed by atoms with van der Waals surface area (Å²) < 4.78 is 20.3. The average Bonchev–Trinajstić information content (AvgIpc) is 2.83. The van der Waals surface area contributed by atoms with Crippen LogP contribution in [0.1, 0.15) is 17.3 Å². The number of fused-ring (bicyclic) bond motifs is 2. The number of halogens is 2. The number of thioether (sulfide) groups is 1. The van der Waals surface area contributed by atoms with Gasteiger partial charge in [0.1, 0.15) is 17.3 Å². The van der Waals surface area contributed by atoms with Crippen LogP contribution < -0.4 is 20.6 Å². The number of nitrogens with one attached hydrogen (secondary N) is 1. The largest absolute Gasteiger partial charge is 0.497 e. The van der Waals surface area contributed by atoms with E-state index < -0.39 is 6.17 Å². The fraction of sp³-hybridized carbons (Fsp3) is 0.125. The Hall–Kier alpha value is -3.17. The number of hydrazone groups is 1. The third-order valence-electron chi connectivity index (χ3n) is 5.32. The highest BCUT2D eigenvalue weighted by molar-refractivity contribution is 9.10. The van der Waals surface area contributed by atoms with Crippen LogP contribution in [0, 0.1) is 5.82 Å². The molecule has 2 heterocycles. The first kappa shape index (κ1) is 21.7. The zero-order chi connectivity index (χ0) is 22.9. The number of methoxy groups -OCH3 is 1. The Balaban J connectivity index is 1.60. The van der Waals surface area contributed by atoms with Crippen molar-refractivity contribution < 1.29 is 13.9 Å². The van der Waals surface area contributed by atoms with Gasteiger partial charge in [0.2, 0.25) is 0 Å². The first-order valence-electron chi connectivity index (χ1n) is 10.1. The lowest BCUT2D eigenvalue weighted by atomic mass is 10.1. The highest BCUT2D eigenvalue weighted by Crippen LogP contribution is 2.36. The Bertz CT molecular complexity index is 1410. The monoisotopic (exact) mass is 524 g/mol. The molecular formula is C24H18BrFN4O2S. The molecule has 2 aliphatic rings. The molecule has 0 saturated heterocycles. The number of hydrogen-bond acceptors (Lipinski definition) is 6. The van der Waals surface area contributed by atoms with Crippen LogP contribution in [-0.4, -0.2) is 23.2 Å². The normalized spacial score (nSPS) is 16.9. The zero-order valence-corrected chi connectivity index (χ0v) is 19.9. The van der Waals surface area contributed by atoms with Gasteiger partial charge >= 0.3 is 0 Å². The second-order valence-corrected chi connectivity index (χ2v) is 9.16. The molecule has 9 heteroatoms. The van der Waals surface area contributed by atoms with Gasteiger partial charge in [-0.15, -0.1) is 5.10 Å². The molecule has 6 nitrogen and oxygen atoms in total. The van der Waals surface area contributed by atoms with Crippen molar-refractivity contribution in [1.82, 2.24) is 10.3 Å². The van der Waals surface area contributed by atoms with Crippen molar-refractivity contribution in [2.24, 2.45) is 10.1 Å². The van der Waals surface area contributed by atoms with Gasteiger partial charge in [0.05, 0.1) is 12.5 Å². The van der Waals surface area contributed by atoms with Crippen LogP contribution in [0.25, 0.3) is 5.70 Å². The van der Waals surface area contributed by atoms with Crippen LogP contribution in [0.5, 0.6) is 5.75 Å². The Kier molecular flexibility index (Phi) is 5.90. The molecule has 0 radical (unpaired) electrons. The zero-order valence-electron chi connectivity index (χ0n) is 17.5. The number of rotatable bonds is 4. The summed E-state index contributed by atoms with van der Waals surface area (Å²) in [6.45, 7) is 0. The maximum absolute atomic E-state index is 14.1. The van der Waals surface area contributed by atoms with Gasteiger partial charge in [0.15, 0.2) is 11.3 Å². The summed E-state index contributed by atoms with van der Waals surface area (Å²) in [7, 11) is 1.60. The van der Waals surface area contributed by atoms with Crippen molar-refractivity contribution >= 4 is 44.5 Å². The summed E-state index contributed by atoms with van der Waals surface area (Å²) in [6, 6.07) is 19.6. The molecule has 33 heavy (non-hydrogen) atoms. The second-order valence-electron chi connectivity index (χ2n) is 7.34. The van der Waals surface area contributed by atoms with Gasteiger partial charge in [-0.1, -0.05) is 64.1 Å². The van der Waals surface area contributed by atoms with Crippen molar-refractivity contribution in [2.75, 3.05) is 7.11 Å². The molecule has 1 N–H and O–H groups in total. The molecule has 3 aromatic carbocycles. The van der Waals surface area contributed by atoms with Crippen LogP contribution >= 0.6 is 27.7 Å². The van der Waals surface area contributed by atoms with Gasteiger partial charge in [-0.3, -0.25) is 15.1 Å². The van der Waals surface area contributed by atoms with Crippen molar-refractivity contribution in [3.05, 3.63) is 98.7 Å². The van der Waals surface area contributed by atoms with E-state index in [4.69, 9.17) is 14.8 Å². The van der Waals surface area contributed by atoms with Crippen LogP contribution in [-0.2, 0) is 10.5 Å². The summed E-state index contributed by atoms with van der Waals surface area (Å²) in [6.07, 6.45) is -0.588. The third-order valence-corrected chi connectivity index (χ3v) is 6.95. The quantitative estimate of drug-likeness (QED) is 0.565. The van der Waals surface area contributed by atoms with Crippen molar-refractivity contribution in [3.63, 3.8) is 0 Å². The molecule has 0 bridgehead atoms. The highest BCUT2D eigenvalue weighted by atomic mass is 79.9. The van der Waals surface area contributed by atoms with E-state index in [9.17, 15) is 9.18 Å². The molecule has 0 aliphatic carbocycles. The summed E-state index contributed by atoms with van der Waals surface area (Å²) >= 11 is 4.86. The Morgan fingerprint density at radius 2 is 1.94 bits per heavy atom. The van der Waals surface area contributed by atoms with E-state index in [0.29, 0.717) is 38.5 Å². The van der Waals surface area contributed by atoms with Crippen molar-refractivity contribution in [1.29, 1.82) is 0 Å². The smallest absolute Gasteiger partial charge is 0.276 e. The van der Waals surface area contributed by atoms with Gasteiger partial charge < -0.3 is 4.74 Å². The van der Waals surface area contributed by atoms with E-state index in [1.165, 1.54) is 17.8 Å². The fourth-order valence-corrected chi connectivity index (χ4v) is 4.99. The minimum absolute atomic E-state index is 0.285. The van der Waals surface area contributed by atoms with E-state index in [0.717, 1.165) is 10.0 Å². The molecule has 5 rings (SSSR count). The lowest BCUT2D eigenvalue weighted by molar-refractivity contribution is -0.116. The summed E-state index contributed by atoms with van der Waals surface area (Å²) in [5.74, 6) is 0.423. The van der Waals surface area contributed by atoms with Gasteiger partial charge in [0, 0.05) is 21.0 Å². The van der Waals surface area contributed by atoms with E-state index >= 15 is 0 Å². The van der Waals surface area contributed by atoms with E-state index in [-0.39, 0.29) is 11.7 Å². The predicted octanol–water partition coefficient (Wildman–Crippen LogP) is 3.67. The van der Waals surface area contributed by atoms with E-state index in [2.05, 4.69) is 21.2 Å². The third kappa shape index (κ3) is 4.14. The van der Waals surface area contributed by atoms with E-state index in [1.54, 1.807) is 30.3 Å². The maximum Gasteiger partial charge on any atom is 0.276 e. The first-order chi connectivity index (χ1) is 16.0. The van der Waals surface area contributed by atoms with Crippen LogP contribution in [0.2, 0.25) is 0 Å². The maximum atomic E-state index is 14.1. The van der Waals surface area contributed by atoms with Crippen molar-refractivity contribution in [2.45, 2.75) is 11.9 Å². The number of ether oxygens (including phenoxy) is 1. The number of carbonyl (C=O) groups is 1. The Labute approximate surface area is 202 Å². The van der Waals surface area contributed by atoms with Crippen LogP contribution in [0.3, 0.4) is 0 Å². The molecule has 0 unspecified atom stereocenters. The summed E-state index contributed by atoms with van der Waals surface area (Å²) in [4.78, 5) is 18.1. The Morgan fingerprint density at radius 1 is 1.15 bits per heavy atom. The molecule has 3 aromatic rings. The predicted molar refractivity (Wildman–Crippen MR) is 129 cm³/mol. The highest BCUT2D eigenvalue weighted by Gasteiger charge is 2.35. The van der Waals surface area contributed by atoms with Gasteiger partial charge in [0.25, 0.3) is 5.91 Å². The van der Waals surface area contributed by atoms with Gasteiger partial charge in [-0.2, -0.15) is 0 Å². The molecule has 0 fully saturated rings. The molecule has 0 saturated carbocycles. The molecule has 2 aliphatic heterocycles. The second kappa shape index (κ2) is 8.99. The number of amidine groups is 1. The number of para-hydroxylation sites is 1. The van der Waals surface area contributed by atoms with Crippen LogP contribution in [0.4, 0.5) is 4.39 Å². The summed E-state index contributed by atoms with van der Waals surface area (Å²) in [5, 5.41) is 11.0. The lowest BCUT2D eigenvalue weighted by Crippen LogP contribution is -2.50. The minimum Gasteiger partial charge on any atom is -0.497 e. The number of benzene rings is 3. The number of carbonyl (C=O) groups excluding carboxylic acids is 1. The minimum atomic E-state index is -0.588. The van der Waals surface area contributed by atoms with Crippen LogP contribution in [0.15, 0.2) is 81.3 Å². The van der Waals surface area contributed by atoms with E-state index in [1.807, 2.05) is 42.5 Å². The molecular weight excluding hydrogens is 507 g/mol. The SMILES string of the molecule is COc1ccc(Br)c([C@H]2N=c3ccccc3=C3C(=O)NC(SCc4ccccc4F)=NN32)c1. The molecule has 0 aromatic heterocycles. The number of nitrogens with zero attached hydrogens (tertiary/aromatic N) is 3. The van der Waals surface area contributed by atoms with Gasteiger partial charge in [-0.05, 0) is 35.9 Å². The first-order valence-corrected chi connectivity index (χ1v) is 11.9. The molecule has 1 atom stereocenters. The lowest BCUT2D eigenvalue weighted by Gasteiger charge is -2.34. The fourth-order valence-electron chi connectivity index (χ4n) is 3.70. The standard InChI is InChI=1S/C24H18BrFN4O2S/c1-32-15-10-11-18(25)17(12-15)22-27-20-9-5-3-7-16(20)21-23(31)28-24(29-30(21)22)33-13-14-6-2-4-8-19(14)26/h2-12,22H,13H2,1H3,(H,28,29,31)/t22-/m0/s1. The molecule has 166 valence electrons. The summed E-state index contributed by atoms with van der Waals surface area (Å²) in [5.41, 5.74) is 1.75. The average molecular weight is 525 g/mol. The topological polar surface area (TPSA) is 66.3 Å². The van der Waals surface area contributed by atoms with Crippen molar-refractivity contribution in [3.8, 4) is 5.75 Å².